The third-order valence-electron chi connectivity index (χ3n) is 5.76. The van der Waals surface area contributed by atoms with E-state index in [1.54, 1.807) is 0 Å². The molecule has 1 heteroatoms. The normalized spacial score (nSPS) is 31.0. The second-order valence-corrected chi connectivity index (χ2v) is 6.85. The summed E-state index contributed by atoms with van der Waals surface area (Å²) in [5, 5.41) is 0. The molecule has 0 aliphatic heterocycles. The van der Waals surface area contributed by atoms with Crippen LogP contribution < -0.4 is 0 Å². The van der Waals surface area contributed by atoms with Crippen molar-refractivity contribution >= 4 is 16.9 Å². The van der Waals surface area contributed by atoms with Crippen molar-refractivity contribution in [3.63, 3.8) is 0 Å². The van der Waals surface area contributed by atoms with E-state index in [0.29, 0.717) is 17.6 Å². The highest BCUT2D eigenvalue weighted by Gasteiger charge is 2.52. The highest BCUT2D eigenvalue weighted by molar-refractivity contribution is 6.04. The second kappa shape index (κ2) is 4.79. The van der Waals surface area contributed by atoms with Crippen molar-refractivity contribution in [2.75, 3.05) is 0 Å². The third-order valence-corrected chi connectivity index (χ3v) is 5.76. The molecular formula is C22H18O. The van der Waals surface area contributed by atoms with Gasteiger partial charge in [0.25, 0.3) is 0 Å². The summed E-state index contributed by atoms with van der Waals surface area (Å²) in [6.45, 7) is 0. The van der Waals surface area contributed by atoms with Gasteiger partial charge >= 0.3 is 0 Å². The van der Waals surface area contributed by atoms with Crippen LogP contribution in [0.5, 0.6) is 0 Å². The van der Waals surface area contributed by atoms with Gasteiger partial charge in [-0.3, -0.25) is 4.79 Å². The number of benzene rings is 2. The zero-order chi connectivity index (χ0) is 15.4. The van der Waals surface area contributed by atoms with Gasteiger partial charge in [0, 0.05) is 11.8 Å². The lowest BCUT2D eigenvalue weighted by atomic mass is 9.74. The van der Waals surface area contributed by atoms with Gasteiger partial charge in [-0.2, -0.15) is 0 Å². The fraction of sp³-hybridized carbons (Fsp3) is 0.227. The Hall–Kier alpha value is -2.41. The van der Waals surface area contributed by atoms with E-state index in [2.05, 4.69) is 72.8 Å². The number of ketones is 1. The first-order valence-electron chi connectivity index (χ1n) is 8.41. The third kappa shape index (κ3) is 1.77. The van der Waals surface area contributed by atoms with E-state index in [4.69, 9.17) is 0 Å². The molecule has 1 nitrogen and oxygen atoms in total. The Balaban J connectivity index is 1.76. The SMILES string of the molecule is O=C1[C@H]2C=C[C@@H]1[C@@H]1C[C@H]2C(c2ccccc2)=C1c1ccccc1. The summed E-state index contributed by atoms with van der Waals surface area (Å²) in [4.78, 5) is 12.7. The van der Waals surface area contributed by atoms with Crippen molar-refractivity contribution in [1.29, 1.82) is 0 Å². The van der Waals surface area contributed by atoms with E-state index in [9.17, 15) is 4.79 Å². The predicted molar refractivity (Wildman–Crippen MR) is 92.4 cm³/mol. The van der Waals surface area contributed by atoms with E-state index in [0.717, 1.165) is 6.42 Å². The fourth-order valence-corrected chi connectivity index (χ4v) is 4.85. The fourth-order valence-electron chi connectivity index (χ4n) is 4.85. The molecule has 4 atom stereocenters. The number of hydrogen-bond donors (Lipinski definition) is 0. The first kappa shape index (κ1) is 13.1. The number of rotatable bonds is 2. The van der Waals surface area contributed by atoms with Crippen molar-refractivity contribution in [1.82, 2.24) is 0 Å². The second-order valence-electron chi connectivity index (χ2n) is 6.85. The Morgan fingerprint density at radius 3 is 1.52 bits per heavy atom. The lowest BCUT2D eigenvalue weighted by molar-refractivity contribution is -0.126. The molecule has 0 spiro atoms. The zero-order valence-corrected chi connectivity index (χ0v) is 12.9. The number of carbonyl (C=O) groups is 1. The molecule has 3 aliphatic rings. The van der Waals surface area contributed by atoms with Gasteiger partial charge in [0.05, 0.1) is 0 Å². The average molecular weight is 298 g/mol. The Morgan fingerprint density at radius 2 is 1.09 bits per heavy atom. The molecule has 1 fully saturated rings. The average Bonchev–Trinajstić information content (AvgIpc) is 3.06. The highest BCUT2D eigenvalue weighted by Crippen LogP contribution is 2.59. The standard InChI is InChI=1S/C22H18O/c23-22-16-11-12-17(22)19-13-18(16)20(14-7-3-1-4-8-14)21(19)15-9-5-2-6-10-15/h1-12,16-19H,13H2/t16-,17+,18+,19-. The van der Waals surface area contributed by atoms with Gasteiger partial charge < -0.3 is 0 Å². The van der Waals surface area contributed by atoms with Crippen LogP contribution in [-0.4, -0.2) is 5.78 Å². The Bertz CT molecular complexity index is 761. The van der Waals surface area contributed by atoms with Gasteiger partial charge in [-0.1, -0.05) is 72.8 Å². The summed E-state index contributed by atoms with van der Waals surface area (Å²) in [6.07, 6.45) is 5.45. The van der Waals surface area contributed by atoms with E-state index in [1.165, 1.54) is 22.3 Å². The van der Waals surface area contributed by atoms with Gasteiger partial charge in [0.1, 0.15) is 5.78 Å². The summed E-state index contributed by atoms with van der Waals surface area (Å²) in [5.74, 6) is 1.31. The topological polar surface area (TPSA) is 17.1 Å². The summed E-state index contributed by atoms with van der Waals surface area (Å²) < 4.78 is 0. The Labute approximate surface area is 136 Å². The van der Waals surface area contributed by atoms with Crippen molar-refractivity contribution in [2.24, 2.45) is 23.7 Å². The molecule has 0 heterocycles. The summed E-state index contributed by atoms with van der Waals surface area (Å²) >= 11 is 0. The van der Waals surface area contributed by atoms with Crippen LogP contribution in [0.1, 0.15) is 17.5 Å². The molecule has 0 radical (unpaired) electrons. The Kier molecular flexibility index (Phi) is 2.72. The van der Waals surface area contributed by atoms with Gasteiger partial charge in [0.15, 0.2) is 0 Å². The van der Waals surface area contributed by atoms with Crippen LogP contribution in [0.25, 0.3) is 11.1 Å². The van der Waals surface area contributed by atoms with E-state index in [1.807, 2.05) is 0 Å². The van der Waals surface area contributed by atoms with Crippen LogP contribution in [0, 0.1) is 23.7 Å². The highest BCUT2D eigenvalue weighted by atomic mass is 16.1. The van der Waals surface area contributed by atoms with E-state index in [-0.39, 0.29) is 11.8 Å². The van der Waals surface area contributed by atoms with Crippen molar-refractivity contribution < 1.29 is 4.79 Å². The molecule has 0 amide bonds. The molecule has 0 aromatic heterocycles. The molecule has 3 aliphatic carbocycles. The van der Waals surface area contributed by atoms with Crippen LogP contribution in [0.3, 0.4) is 0 Å². The van der Waals surface area contributed by atoms with Crippen molar-refractivity contribution in [3.8, 4) is 0 Å². The Morgan fingerprint density at radius 1 is 0.652 bits per heavy atom. The predicted octanol–water partition coefficient (Wildman–Crippen LogP) is 4.62. The quantitative estimate of drug-likeness (QED) is 0.739. The van der Waals surface area contributed by atoms with E-state index >= 15 is 0 Å². The molecule has 23 heavy (non-hydrogen) atoms. The van der Waals surface area contributed by atoms with Crippen LogP contribution in [0.2, 0.25) is 0 Å². The van der Waals surface area contributed by atoms with Crippen LogP contribution in [-0.2, 0) is 4.79 Å². The van der Waals surface area contributed by atoms with Gasteiger partial charge in [-0.05, 0) is 40.5 Å². The summed E-state index contributed by atoms with van der Waals surface area (Å²) in [7, 11) is 0. The maximum atomic E-state index is 12.7. The van der Waals surface area contributed by atoms with Gasteiger partial charge in [-0.25, -0.2) is 0 Å². The minimum Gasteiger partial charge on any atom is -0.298 e. The molecule has 0 saturated heterocycles. The number of hydrogen-bond acceptors (Lipinski definition) is 1. The molecule has 5 rings (SSSR count). The monoisotopic (exact) mass is 298 g/mol. The molecule has 0 unspecified atom stereocenters. The van der Waals surface area contributed by atoms with Crippen molar-refractivity contribution in [2.45, 2.75) is 6.42 Å². The first-order valence-corrected chi connectivity index (χ1v) is 8.41. The van der Waals surface area contributed by atoms with Gasteiger partial charge in [-0.15, -0.1) is 0 Å². The molecule has 2 aromatic rings. The zero-order valence-electron chi connectivity index (χ0n) is 12.9. The lowest BCUT2D eigenvalue weighted by Gasteiger charge is -2.28. The van der Waals surface area contributed by atoms with Crippen LogP contribution in [0.4, 0.5) is 0 Å². The molecule has 112 valence electrons. The first-order chi connectivity index (χ1) is 11.3. The van der Waals surface area contributed by atoms with Crippen molar-refractivity contribution in [3.05, 3.63) is 83.9 Å². The van der Waals surface area contributed by atoms with Crippen LogP contribution >= 0.6 is 0 Å². The van der Waals surface area contributed by atoms with Crippen LogP contribution in [0.15, 0.2) is 72.8 Å². The number of fused-ring (bicyclic) bond motifs is 6. The molecule has 1 saturated carbocycles. The van der Waals surface area contributed by atoms with Gasteiger partial charge in [0.2, 0.25) is 0 Å². The maximum absolute atomic E-state index is 12.7. The summed E-state index contributed by atoms with van der Waals surface area (Å²) in [5.41, 5.74) is 5.39. The molecule has 2 aromatic carbocycles. The summed E-state index contributed by atoms with van der Waals surface area (Å²) in [6, 6.07) is 21.3. The maximum Gasteiger partial charge on any atom is 0.147 e. The minimum atomic E-state index is 0.0904. The van der Waals surface area contributed by atoms with E-state index < -0.39 is 0 Å². The lowest BCUT2D eigenvalue weighted by Crippen LogP contribution is -2.31. The largest absolute Gasteiger partial charge is 0.298 e. The molecule has 4 bridgehead atoms. The minimum absolute atomic E-state index is 0.0904. The smallest absolute Gasteiger partial charge is 0.147 e. The number of Topliss-reactive ketones (excluding diaryl/α,β-unsaturated/α-hetero) is 1. The molecule has 0 N–H and O–H groups in total. The number of carbonyl (C=O) groups excluding carboxylic acids is 1. The molecular weight excluding hydrogens is 280 g/mol. The number of allylic oxidation sites excluding steroid dienone is 4.